The van der Waals surface area contributed by atoms with Crippen LogP contribution in [0.5, 0.6) is 0 Å². The van der Waals surface area contributed by atoms with Gasteiger partial charge in [0.1, 0.15) is 12.4 Å². The van der Waals surface area contributed by atoms with Crippen molar-refractivity contribution in [2.75, 3.05) is 36.0 Å². The van der Waals surface area contributed by atoms with Crippen LogP contribution >= 0.6 is 0 Å². The van der Waals surface area contributed by atoms with Crippen LogP contribution < -0.4 is 9.80 Å². The predicted octanol–water partition coefficient (Wildman–Crippen LogP) is 0.834. The Labute approximate surface area is 144 Å². The quantitative estimate of drug-likeness (QED) is 0.694. The predicted molar refractivity (Wildman–Crippen MR) is 92.2 cm³/mol. The summed E-state index contributed by atoms with van der Waals surface area (Å²) >= 11 is 0. The molecule has 0 aromatic carbocycles. The first kappa shape index (κ1) is 15.3. The number of rotatable bonds is 3. The van der Waals surface area contributed by atoms with Crippen LogP contribution in [-0.2, 0) is 6.54 Å². The number of anilines is 2. The lowest BCUT2D eigenvalue weighted by atomic mass is 10.2. The molecule has 0 unspecified atom stereocenters. The van der Waals surface area contributed by atoms with Crippen LogP contribution in [0.4, 0.5) is 11.6 Å². The molecule has 0 N–H and O–H groups in total. The number of aryl methyl sites for hydroxylation is 1. The maximum absolute atomic E-state index is 9.21. The molecule has 3 aromatic heterocycles. The third kappa shape index (κ3) is 2.61. The van der Waals surface area contributed by atoms with E-state index in [0.29, 0.717) is 11.5 Å². The van der Waals surface area contributed by atoms with E-state index < -0.39 is 0 Å². The molecule has 25 heavy (non-hydrogen) atoms. The molecule has 0 aliphatic carbocycles. The van der Waals surface area contributed by atoms with Crippen molar-refractivity contribution in [2.45, 2.75) is 13.5 Å². The second-order valence-electron chi connectivity index (χ2n) is 5.71. The molecule has 9 nitrogen and oxygen atoms in total. The van der Waals surface area contributed by atoms with E-state index in [9.17, 15) is 5.26 Å². The van der Waals surface area contributed by atoms with Gasteiger partial charge in [-0.2, -0.15) is 5.26 Å². The molecular formula is C16H17N9. The highest BCUT2D eigenvalue weighted by atomic mass is 15.3. The lowest BCUT2D eigenvalue weighted by Gasteiger charge is -2.36. The minimum absolute atomic E-state index is 0.363. The fraction of sp³-hybridized carbons (Fsp3) is 0.375. The first-order valence-electron chi connectivity index (χ1n) is 8.18. The Morgan fingerprint density at radius 3 is 2.40 bits per heavy atom. The van der Waals surface area contributed by atoms with E-state index in [2.05, 4.69) is 47.7 Å². The molecule has 1 fully saturated rings. The average Bonchev–Trinajstić information content (AvgIpc) is 3.11. The Balaban J connectivity index is 1.57. The Bertz CT molecular complexity index is 934. The maximum atomic E-state index is 9.21. The van der Waals surface area contributed by atoms with Crippen LogP contribution in [-0.4, -0.2) is 55.7 Å². The summed E-state index contributed by atoms with van der Waals surface area (Å²) < 4.78 is 2.01. The van der Waals surface area contributed by atoms with E-state index in [0.717, 1.165) is 49.7 Å². The molecule has 1 aliphatic heterocycles. The molecule has 0 spiro atoms. The Morgan fingerprint density at radius 1 is 0.960 bits per heavy atom. The summed E-state index contributed by atoms with van der Waals surface area (Å²) in [6.45, 7) is 5.92. The highest BCUT2D eigenvalue weighted by Crippen LogP contribution is 2.24. The summed E-state index contributed by atoms with van der Waals surface area (Å²) in [5, 5.41) is 9.21. The molecular weight excluding hydrogens is 318 g/mol. The molecule has 3 aromatic rings. The number of hydrogen-bond donors (Lipinski definition) is 0. The van der Waals surface area contributed by atoms with Gasteiger partial charge in [0.15, 0.2) is 28.5 Å². The van der Waals surface area contributed by atoms with Crippen molar-refractivity contribution in [1.82, 2.24) is 29.5 Å². The van der Waals surface area contributed by atoms with Crippen molar-refractivity contribution >= 4 is 22.8 Å². The van der Waals surface area contributed by atoms with Gasteiger partial charge in [-0.1, -0.05) is 0 Å². The molecule has 0 saturated carbocycles. The van der Waals surface area contributed by atoms with Crippen molar-refractivity contribution < 1.29 is 0 Å². The van der Waals surface area contributed by atoms with Crippen LogP contribution in [0.2, 0.25) is 0 Å². The van der Waals surface area contributed by atoms with Gasteiger partial charge in [-0.15, -0.1) is 0 Å². The standard InChI is InChI=1S/C16H17N9/c1-2-23-11-22-13-15(23)20-10-21-16(13)25-7-5-24(6-8-25)14-12(9-17)18-3-4-19-14/h3-4,10-11H,2,5-8H2,1H3. The number of imidazole rings is 1. The monoisotopic (exact) mass is 335 g/mol. The SMILES string of the molecule is CCn1cnc2c(N3CCN(c4nccnc4C#N)CC3)ncnc21. The third-order valence-electron chi connectivity index (χ3n) is 4.39. The lowest BCUT2D eigenvalue weighted by molar-refractivity contribution is 0.640. The summed E-state index contributed by atoms with van der Waals surface area (Å²) in [7, 11) is 0. The van der Waals surface area contributed by atoms with Gasteiger partial charge in [-0.05, 0) is 6.92 Å². The minimum Gasteiger partial charge on any atom is -0.351 e. The molecule has 0 radical (unpaired) electrons. The first-order chi connectivity index (χ1) is 12.3. The third-order valence-corrected chi connectivity index (χ3v) is 4.39. The average molecular weight is 335 g/mol. The molecule has 1 saturated heterocycles. The van der Waals surface area contributed by atoms with Crippen LogP contribution in [0, 0.1) is 11.3 Å². The summed E-state index contributed by atoms with van der Waals surface area (Å²) in [5.74, 6) is 1.50. The highest BCUT2D eigenvalue weighted by Gasteiger charge is 2.23. The van der Waals surface area contributed by atoms with Gasteiger partial charge in [0, 0.05) is 45.1 Å². The smallest absolute Gasteiger partial charge is 0.183 e. The topological polar surface area (TPSA) is 99.7 Å². The van der Waals surface area contributed by atoms with Gasteiger partial charge in [0.05, 0.1) is 6.33 Å². The van der Waals surface area contributed by atoms with Crippen molar-refractivity contribution in [1.29, 1.82) is 5.26 Å². The molecule has 0 amide bonds. The van der Waals surface area contributed by atoms with E-state index >= 15 is 0 Å². The zero-order valence-corrected chi connectivity index (χ0v) is 13.9. The van der Waals surface area contributed by atoms with Crippen molar-refractivity contribution in [3.63, 3.8) is 0 Å². The van der Waals surface area contributed by atoms with E-state index in [-0.39, 0.29) is 0 Å². The van der Waals surface area contributed by atoms with Crippen molar-refractivity contribution in [3.05, 3.63) is 30.7 Å². The lowest BCUT2D eigenvalue weighted by Crippen LogP contribution is -2.47. The van der Waals surface area contributed by atoms with E-state index in [1.54, 1.807) is 25.0 Å². The summed E-state index contributed by atoms with van der Waals surface area (Å²) in [5.41, 5.74) is 2.05. The van der Waals surface area contributed by atoms with Gasteiger partial charge < -0.3 is 14.4 Å². The number of piperazine rings is 1. The van der Waals surface area contributed by atoms with E-state index in [1.165, 1.54) is 0 Å². The Morgan fingerprint density at radius 2 is 1.68 bits per heavy atom. The van der Waals surface area contributed by atoms with Crippen LogP contribution in [0.3, 0.4) is 0 Å². The van der Waals surface area contributed by atoms with Crippen LogP contribution in [0.25, 0.3) is 11.2 Å². The first-order valence-corrected chi connectivity index (χ1v) is 8.18. The van der Waals surface area contributed by atoms with E-state index in [4.69, 9.17) is 0 Å². The van der Waals surface area contributed by atoms with Crippen molar-refractivity contribution in [3.8, 4) is 6.07 Å². The van der Waals surface area contributed by atoms with Gasteiger partial charge >= 0.3 is 0 Å². The van der Waals surface area contributed by atoms with E-state index in [1.807, 2.05) is 4.57 Å². The normalized spacial score (nSPS) is 14.7. The van der Waals surface area contributed by atoms with Gasteiger partial charge in [0.25, 0.3) is 0 Å². The Kier molecular flexibility index (Phi) is 3.85. The Hall–Kier alpha value is -3.28. The summed E-state index contributed by atoms with van der Waals surface area (Å²) in [6.07, 6.45) is 6.56. The molecule has 0 bridgehead atoms. The molecule has 126 valence electrons. The number of aromatic nitrogens is 6. The zero-order chi connectivity index (χ0) is 17.2. The summed E-state index contributed by atoms with van der Waals surface area (Å²) in [4.78, 5) is 26.0. The number of nitriles is 1. The van der Waals surface area contributed by atoms with Crippen molar-refractivity contribution in [2.24, 2.45) is 0 Å². The van der Waals surface area contributed by atoms with Crippen LogP contribution in [0.15, 0.2) is 25.0 Å². The maximum Gasteiger partial charge on any atom is 0.183 e. The molecule has 9 heteroatoms. The second kappa shape index (κ2) is 6.32. The fourth-order valence-corrected chi connectivity index (χ4v) is 3.10. The molecule has 4 rings (SSSR count). The fourth-order valence-electron chi connectivity index (χ4n) is 3.10. The van der Waals surface area contributed by atoms with Gasteiger partial charge in [-0.3, -0.25) is 0 Å². The molecule has 4 heterocycles. The van der Waals surface area contributed by atoms with Gasteiger partial charge in [-0.25, -0.2) is 24.9 Å². The zero-order valence-electron chi connectivity index (χ0n) is 13.9. The van der Waals surface area contributed by atoms with Gasteiger partial charge in [0.2, 0.25) is 0 Å². The largest absolute Gasteiger partial charge is 0.351 e. The second-order valence-corrected chi connectivity index (χ2v) is 5.71. The molecule has 0 atom stereocenters. The number of hydrogen-bond acceptors (Lipinski definition) is 8. The van der Waals surface area contributed by atoms with Crippen LogP contribution in [0.1, 0.15) is 12.6 Å². The minimum atomic E-state index is 0.363. The molecule has 1 aliphatic rings. The number of fused-ring (bicyclic) bond motifs is 1. The summed E-state index contributed by atoms with van der Waals surface area (Å²) in [6, 6.07) is 2.11. The highest BCUT2D eigenvalue weighted by molar-refractivity contribution is 5.83. The number of nitrogens with zero attached hydrogens (tertiary/aromatic N) is 9.